The number of aliphatic hydroxyl groups is 1. The maximum atomic E-state index is 9.86. The van der Waals surface area contributed by atoms with Gasteiger partial charge in [0.25, 0.3) is 0 Å². The van der Waals surface area contributed by atoms with E-state index in [2.05, 4.69) is 0 Å². The molecule has 2 fully saturated rings. The van der Waals surface area contributed by atoms with E-state index in [1.807, 2.05) is 85.7 Å². The molecule has 0 saturated carbocycles. The summed E-state index contributed by atoms with van der Waals surface area (Å²) in [7, 11) is -0.943. The van der Waals surface area contributed by atoms with E-state index in [0.29, 0.717) is 5.47 Å². The van der Waals surface area contributed by atoms with E-state index in [0.717, 1.165) is 11.0 Å². The summed E-state index contributed by atoms with van der Waals surface area (Å²) in [6.07, 6.45) is 1.91. The molecule has 5 nitrogen and oxygen atoms in total. The predicted molar refractivity (Wildman–Crippen MR) is 113 cm³/mol. The lowest BCUT2D eigenvalue weighted by Gasteiger charge is -2.32. The van der Waals surface area contributed by atoms with Crippen LogP contribution in [0.4, 0.5) is 0 Å². The van der Waals surface area contributed by atoms with Crippen LogP contribution >= 0.6 is 0 Å². The Bertz CT molecular complexity index is 721. The molecule has 7 heteroatoms. The summed E-state index contributed by atoms with van der Waals surface area (Å²) >= 11 is 0. The highest BCUT2D eigenvalue weighted by molar-refractivity contribution is 6.62. The summed E-state index contributed by atoms with van der Waals surface area (Å²) in [6.45, 7) is 16.1. The van der Waals surface area contributed by atoms with Crippen LogP contribution in [0.3, 0.4) is 0 Å². The second-order valence-electron chi connectivity index (χ2n) is 9.72. The third-order valence-electron chi connectivity index (χ3n) is 6.55. The highest BCUT2D eigenvalue weighted by atomic mass is 16.7. The summed E-state index contributed by atoms with van der Waals surface area (Å²) in [5, 5.41) is 9.86. The molecule has 0 atom stereocenters. The second-order valence-corrected chi connectivity index (χ2v) is 9.72. The van der Waals surface area contributed by atoms with Crippen LogP contribution in [0.15, 0.2) is 29.7 Å². The van der Waals surface area contributed by atoms with Gasteiger partial charge in [0.15, 0.2) is 0 Å². The molecule has 1 N–H and O–H groups in total. The summed E-state index contributed by atoms with van der Waals surface area (Å²) in [6, 6.07) is 7.96. The molecule has 0 aromatic heterocycles. The van der Waals surface area contributed by atoms with Crippen LogP contribution < -0.4 is 5.46 Å². The van der Waals surface area contributed by atoms with E-state index < -0.39 is 18.3 Å². The van der Waals surface area contributed by atoms with Gasteiger partial charge in [-0.05, 0) is 71.9 Å². The molecule has 0 spiro atoms. The average Bonchev–Trinajstić information content (AvgIpc) is 2.92. The van der Waals surface area contributed by atoms with Crippen LogP contribution in [0.25, 0.3) is 6.08 Å². The predicted octanol–water partition coefficient (Wildman–Crippen LogP) is 2.99. The third kappa shape index (κ3) is 3.83. The van der Waals surface area contributed by atoms with Gasteiger partial charge >= 0.3 is 14.2 Å². The van der Waals surface area contributed by atoms with Gasteiger partial charge in [-0.25, -0.2) is 0 Å². The van der Waals surface area contributed by atoms with Crippen LogP contribution in [0, 0.1) is 0 Å². The molecule has 152 valence electrons. The first-order chi connectivity index (χ1) is 12.8. The molecule has 1 aromatic carbocycles. The van der Waals surface area contributed by atoms with Gasteiger partial charge in [0.1, 0.15) is 0 Å². The summed E-state index contributed by atoms with van der Waals surface area (Å²) in [4.78, 5) is 0. The van der Waals surface area contributed by atoms with Crippen molar-refractivity contribution in [3.8, 4) is 0 Å². The minimum Gasteiger partial charge on any atom is -0.400 e. The van der Waals surface area contributed by atoms with Crippen molar-refractivity contribution in [1.29, 1.82) is 0 Å². The topological polar surface area (TPSA) is 57.2 Å². The Kier molecular flexibility index (Phi) is 5.39. The lowest BCUT2D eigenvalue weighted by molar-refractivity contribution is 0.00578. The molecule has 0 radical (unpaired) electrons. The number of benzene rings is 1. The molecule has 0 amide bonds. The lowest BCUT2D eigenvalue weighted by atomic mass is 9.76. The first-order valence-electron chi connectivity index (χ1n) is 9.91. The van der Waals surface area contributed by atoms with Gasteiger partial charge < -0.3 is 23.7 Å². The summed E-state index contributed by atoms with van der Waals surface area (Å²) < 4.78 is 24.3. The third-order valence-corrected chi connectivity index (χ3v) is 6.55. The van der Waals surface area contributed by atoms with Gasteiger partial charge in [0.05, 0.1) is 29.0 Å². The lowest BCUT2D eigenvalue weighted by Crippen LogP contribution is -2.41. The SMILES string of the molecule is CC1(C)OB(C(=Cc2ccc(B3OC(C)(C)C(C)(C)O3)cc2)CO)OC1(C)C. The zero-order chi connectivity index (χ0) is 21.0. The van der Waals surface area contributed by atoms with Crippen LogP contribution in [0.2, 0.25) is 0 Å². The van der Waals surface area contributed by atoms with Crippen molar-refractivity contribution in [2.45, 2.75) is 77.8 Å². The Hall–Kier alpha value is -1.11. The van der Waals surface area contributed by atoms with Gasteiger partial charge in [-0.15, -0.1) is 0 Å². The van der Waals surface area contributed by atoms with Crippen molar-refractivity contribution < 1.29 is 23.7 Å². The highest BCUT2D eigenvalue weighted by Gasteiger charge is 2.53. The zero-order valence-electron chi connectivity index (χ0n) is 18.3. The Morgan fingerprint density at radius 2 is 1.21 bits per heavy atom. The fourth-order valence-electron chi connectivity index (χ4n) is 3.13. The molecule has 1 aromatic rings. The summed E-state index contributed by atoms with van der Waals surface area (Å²) in [5.41, 5.74) is 1.02. The average molecular weight is 386 g/mol. The van der Waals surface area contributed by atoms with Gasteiger partial charge in [0.2, 0.25) is 0 Å². The molecule has 0 unspecified atom stereocenters. The summed E-state index contributed by atoms with van der Waals surface area (Å²) in [5.74, 6) is 0. The molecule has 0 bridgehead atoms. The van der Waals surface area contributed by atoms with Crippen LogP contribution in [0.1, 0.15) is 61.0 Å². The van der Waals surface area contributed by atoms with Crippen LogP contribution in [-0.2, 0) is 18.6 Å². The number of hydrogen-bond donors (Lipinski definition) is 1. The van der Waals surface area contributed by atoms with Crippen LogP contribution in [0.5, 0.6) is 0 Å². The largest absolute Gasteiger partial charge is 0.494 e. The molecule has 0 aliphatic carbocycles. The first kappa shape index (κ1) is 21.6. The van der Waals surface area contributed by atoms with Crippen molar-refractivity contribution in [2.24, 2.45) is 0 Å². The van der Waals surface area contributed by atoms with Crippen molar-refractivity contribution in [2.75, 3.05) is 6.61 Å². The fraction of sp³-hybridized carbons (Fsp3) is 0.619. The normalized spacial score (nSPS) is 25.4. The van der Waals surface area contributed by atoms with E-state index in [-0.39, 0.29) is 24.9 Å². The highest BCUT2D eigenvalue weighted by Crippen LogP contribution is 2.39. The molecule has 2 aliphatic rings. The standard InChI is InChI=1S/C21H32B2O5/c1-18(2)19(3,4)26-22(25-18)16-11-9-15(10-12-16)13-17(14-24)23-27-20(5,6)21(7,8)28-23/h9-13,24H,14H2,1-8H3. The Morgan fingerprint density at radius 3 is 1.64 bits per heavy atom. The quantitative estimate of drug-likeness (QED) is 0.807. The van der Waals surface area contributed by atoms with E-state index in [1.54, 1.807) is 0 Å². The Labute approximate surface area is 169 Å². The molecular formula is C21H32B2O5. The van der Waals surface area contributed by atoms with Crippen molar-refractivity contribution in [1.82, 2.24) is 0 Å². The minimum atomic E-state index is -0.558. The Morgan fingerprint density at radius 1 is 0.786 bits per heavy atom. The molecule has 3 rings (SSSR count). The number of aliphatic hydroxyl groups excluding tert-OH is 1. The minimum absolute atomic E-state index is 0.129. The van der Waals surface area contributed by atoms with Crippen molar-refractivity contribution >= 4 is 25.8 Å². The molecule has 28 heavy (non-hydrogen) atoms. The van der Waals surface area contributed by atoms with E-state index in [4.69, 9.17) is 18.6 Å². The van der Waals surface area contributed by atoms with E-state index in [9.17, 15) is 5.11 Å². The molecular weight excluding hydrogens is 354 g/mol. The van der Waals surface area contributed by atoms with E-state index in [1.165, 1.54) is 0 Å². The molecule has 2 heterocycles. The van der Waals surface area contributed by atoms with Gasteiger partial charge in [-0.3, -0.25) is 0 Å². The molecule has 2 aliphatic heterocycles. The zero-order valence-corrected chi connectivity index (χ0v) is 18.3. The molecule has 2 saturated heterocycles. The number of rotatable bonds is 4. The monoisotopic (exact) mass is 386 g/mol. The Balaban J connectivity index is 1.76. The van der Waals surface area contributed by atoms with Gasteiger partial charge in [0, 0.05) is 0 Å². The van der Waals surface area contributed by atoms with Gasteiger partial charge in [-0.1, -0.05) is 30.3 Å². The maximum absolute atomic E-state index is 9.86. The van der Waals surface area contributed by atoms with Gasteiger partial charge in [-0.2, -0.15) is 0 Å². The van der Waals surface area contributed by atoms with Crippen molar-refractivity contribution in [3.05, 3.63) is 35.3 Å². The van der Waals surface area contributed by atoms with E-state index >= 15 is 0 Å². The number of hydrogen-bond acceptors (Lipinski definition) is 5. The fourth-order valence-corrected chi connectivity index (χ4v) is 3.13. The smallest absolute Gasteiger partial charge is 0.400 e. The second kappa shape index (κ2) is 6.99. The first-order valence-corrected chi connectivity index (χ1v) is 9.91. The maximum Gasteiger partial charge on any atom is 0.494 e. The van der Waals surface area contributed by atoms with Crippen LogP contribution in [-0.4, -0.2) is 48.4 Å². The van der Waals surface area contributed by atoms with Crippen molar-refractivity contribution in [3.63, 3.8) is 0 Å².